The molecule has 2 aromatic carbocycles. The number of pyridine rings is 1. The fourth-order valence-electron chi connectivity index (χ4n) is 2.77. The van der Waals surface area contributed by atoms with Gasteiger partial charge in [0.1, 0.15) is 5.52 Å². The van der Waals surface area contributed by atoms with Gasteiger partial charge >= 0.3 is 0 Å². The molecule has 0 saturated heterocycles. The lowest BCUT2D eigenvalue weighted by Gasteiger charge is -2.08. The van der Waals surface area contributed by atoms with Crippen molar-refractivity contribution in [3.05, 3.63) is 60.3 Å². The van der Waals surface area contributed by atoms with E-state index in [0.29, 0.717) is 11.4 Å². The van der Waals surface area contributed by atoms with Crippen molar-refractivity contribution in [1.82, 2.24) is 20.5 Å². The maximum absolute atomic E-state index is 12.0. The molecule has 0 radical (unpaired) electrons. The number of fused-ring (bicyclic) bond motifs is 2. The lowest BCUT2D eigenvalue weighted by atomic mass is 10.0. The topological polar surface area (TPSA) is 82.7 Å². The van der Waals surface area contributed by atoms with Crippen molar-refractivity contribution in [1.29, 1.82) is 0 Å². The average molecular weight is 317 g/mol. The Hall–Kier alpha value is -3.41. The summed E-state index contributed by atoms with van der Waals surface area (Å²) >= 11 is 0. The van der Waals surface area contributed by atoms with Gasteiger partial charge in [0.2, 0.25) is 0 Å². The largest absolute Gasteiger partial charge is 0.355 e. The number of nitrogens with one attached hydrogen (secondary N) is 3. The first kappa shape index (κ1) is 14.2. The van der Waals surface area contributed by atoms with Crippen LogP contribution in [0.5, 0.6) is 0 Å². The monoisotopic (exact) mass is 317 g/mol. The van der Waals surface area contributed by atoms with Crippen LogP contribution in [0, 0.1) is 0 Å². The Morgan fingerprint density at radius 2 is 2.04 bits per heavy atom. The SMILES string of the molecule is CNC(=O)c1cccc2cc(Nc3n[nH]c4cccnc34)ccc12. The van der Waals surface area contributed by atoms with E-state index in [2.05, 4.69) is 25.8 Å². The fourth-order valence-corrected chi connectivity index (χ4v) is 2.77. The average Bonchev–Trinajstić information content (AvgIpc) is 3.03. The van der Waals surface area contributed by atoms with Crippen LogP contribution in [0.2, 0.25) is 0 Å². The third-order valence-corrected chi connectivity index (χ3v) is 3.94. The molecule has 6 heteroatoms. The van der Waals surface area contributed by atoms with Crippen LogP contribution in [0.25, 0.3) is 21.8 Å². The van der Waals surface area contributed by atoms with Crippen LogP contribution in [0.3, 0.4) is 0 Å². The van der Waals surface area contributed by atoms with E-state index in [1.807, 2.05) is 48.5 Å². The van der Waals surface area contributed by atoms with Gasteiger partial charge in [0, 0.05) is 24.5 Å². The van der Waals surface area contributed by atoms with E-state index in [4.69, 9.17) is 0 Å². The number of hydrogen-bond donors (Lipinski definition) is 3. The molecule has 2 aromatic heterocycles. The number of aromatic nitrogens is 3. The molecule has 0 fully saturated rings. The van der Waals surface area contributed by atoms with E-state index in [1.165, 1.54) is 0 Å². The number of aromatic amines is 1. The van der Waals surface area contributed by atoms with Crippen LogP contribution in [0.15, 0.2) is 54.7 Å². The molecule has 24 heavy (non-hydrogen) atoms. The summed E-state index contributed by atoms with van der Waals surface area (Å²) in [7, 11) is 1.63. The van der Waals surface area contributed by atoms with Crippen molar-refractivity contribution < 1.29 is 4.79 Å². The van der Waals surface area contributed by atoms with Gasteiger partial charge in [0.15, 0.2) is 5.82 Å². The molecule has 118 valence electrons. The summed E-state index contributed by atoms with van der Waals surface area (Å²) in [5, 5.41) is 15.1. The highest BCUT2D eigenvalue weighted by molar-refractivity contribution is 6.07. The Morgan fingerprint density at radius 1 is 1.12 bits per heavy atom. The number of amides is 1. The second-order valence-electron chi connectivity index (χ2n) is 5.42. The Labute approximate surface area is 137 Å². The van der Waals surface area contributed by atoms with Crippen LogP contribution in [-0.4, -0.2) is 28.1 Å². The maximum Gasteiger partial charge on any atom is 0.251 e. The lowest BCUT2D eigenvalue weighted by molar-refractivity contribution is 0.0964. The van der Waals surface area contributed by atoms with Crippen LogP contribution in [-0.2, 0) is 0 Å². The van der Waals surface area contributed by atoms with Gasteiger partial charge in [-0.3, -0.25) is 14.9 Å². The number of H-pyrrole nitrogens is 1. The highest BCUT2D eigenvalue weighted by Gasteiger charge is 2.10. The van der Waals surface area contributed by atoms with Crippen LogP contribution in [0.4, 0.5) is 11.5 Å². The van der Waals surface area contributed by atoms with Crippen LogP contribution < -0.4 is 10.6 Å². The second kappa shape index (κ2) is 5.66. The third-order valence-electron chi connectivity index (χ3n) is 3.94. The van der Waals surface area contributed by atoms with E-state index in [-0.39, 0.29) is 5.91 Å². The van der Waals surface area contributed by atoms with Crippen molar-refractivity contribution in [2.45, 2.75) is 0 Å². The molecular formula is C18H15N5O. The Balaban J connectivity index is 1.74. The zero-order valence-electron chi connectivity index (χ0n) is 13.0. The number of carbonyl (C=O) groups excluding carboxylic acids is 1. The molecule has 0 bridgehead atoms. The summed E-state index contributed by atoms with van der Waals surface area (Å²) in [6.07, 6.45) is 1.74. The maximum atomic E-state index is 12.0. The Morgan fingerprint density at radius 3 is 2.92 bits per heavy atom. The van der Waals surface area contributed by atoms with Gasteiger partial charge in [0.25, 0.3) is 5.91 Å². The smallest absolute Gasteiger partial charge is 0.251 e. The molecule has 0 unspecified atom stereocenters. The van der Waals surface area contributed by atoms with Gasteiger partial charge in [-0.05, 0) is 41.1 Å². The zero-order valence-corrected chi connectivity index (χ0v) is 13.0. The van der Waals surface area contributed by atoms with E-state index in [1.54, 1.807) is 13.2 Å². The highest BCUT2D eigenvalue weighted by Crippen LogP contribution is 2.26. The molecule has 4 aromatic rings. The van der Waals surface area contributed by atoms with Crippen LogP contribution >= 0.6 is 0 Å². The predicted molar refractivity (Wildman–Crippen MR) is 94.5 cm³/mol. The molecule has 0 aliphatic carbocycles. The van der Waals surface area contributed by atoms with Gasteiger partial charge in [-0.15, -0.1) is 0 Å². The van der Waals surface area contributed by atoms with E-state index >= 15 is 0 Å². The number of carbonyl (C=O) groups is 1. The Kier molecular flexibility index (Phi) is 3.35. The normalized spacial score (nSPS) is 10.9. The molecule has 0 aliphatic rings. The molecule has 4 rings (SSSR count). The zero-order chi connectivity index (χ0) is 16.5. The van der Waals surface area contributed by atoms with Crippen molar-refractivity contribution in [3.63, 3.8) is 0 Å². The van der Waals surface area contributed by atoms with E-state index in [0.717, 1.165) is 27.5 Å². The second-order valence-corrected chi connectivity index (χ2v) is 5.42. The summed E-state index contributed by atoms with van der Waals surface area (Å²) in [5.41, 5.74) is 3.21. The lowest BCUT2D eigenvalue weighted by Crippen LogP contribution is -2.17. The minimum atomic E-state index is -0.0937. The first-order valence-electron chi connectivity index (χ1n) is 7.57. The quantitative estimate of drug-likeness (QED) is 0.542. The van der Waals surface area contributed by atoms with Gasteiger partial charge in [-0.1, -0.05) is 18.2 Å². The molecule has 6 nitrogen and oxygen atoms in total. The van der Waals surface area contributed by atoms with Crippen LogP contribution in [0.1, 0.15) is 10.4 Å². The van der Waals surface area contributed by atoms with Crippen molar-refractivity contribution in [2.24, 2.45) is 0 Å². The molecule has 0 atom stereocenters. The molecule has 0 saturated carbocycles. The number of benzene rings is 2. The third kappa shape index (κ3) is 2.34. The summed E-state index contributed by atoms with van der Waals surface area (Å²) in [6, 6.07) is 15.3. The number of anilines is 2. The van der Waals surface area contributed by atoms with Gasteiger partial charge in [-0.25, -0.2) is 0 Å². The van der Waals surface area contributed by atoms with Gasteiger partial charge in [0.05, 0.1) is 5.52 Å². The molecular weight excluding hydrogens is 302 g/mol. The highest BCUT2D eigenvalue weighted by atomic mass is 16.1. The number of hydrogen-bond acceptors (Lipinski definition) is 4. The minimum Gasteiger partial charge on any atom is -0.355 e. The number of nitrogens with zero attached hydrogens (tertiary/aromatic N) is 2. The predicted octanol–water partition coefficient (Wildman–Crippen LogP) is 3.21. The summed E-state index contributed by atoms with van der Waals surface area (Å²) in [6.45, 7) is 0. The Bertz CT molecular complexity index is 1050. The first-order valence-corrected chi connectivity index (χ1v) is 7.57. The number of rotatable bonds is 3. The molecule has 0 aliphatic heterocycles. The molecule has 0 spiro atoms. The van der Waals surface area contributed by atoms with E-state index < -0.39 is 0 Å². The fraction of sp³-hybridized carbons (Fsp3) is 0.0556. The van der Waals surface area contributed by atoms with E-state index in [9.17, 15) is 4.79 Å². The van der Waals surface area contributed by atoms with Crippen molar-refractivity contribution in [2.75, 3.05) is 12.4 Å². The summed E-state index contributed by atoms with van der Waals surface area (Å²) < 4.78 is 0. The summed E-state index contributed by atoms with van der Waals surface area (Å²) in [4.78, 5) is 16.3. The van der Waals surface area contributed by atoms with Gasteiger partial charge in [-0.2, -0.15) is 5.10 Å². The van der Waals surface area contributed by atoms with Crippen molar-refractivity contribution in [3.8, 4) is 0 Å². The van der Waals surface area contributed by atoms with Crippen molar-refractivity contribution >= 4 is 39.2 Å². The molecule has 2 heterocycles. The minimum absolute atomic E-state index is 0.0937. The summed E-state index contributed by atoms with van der Waals surface area (Å²) in [5.74, 6) is 0.580. The van der Waals surface area contributed by atoms with Gasteiger partial charge < -0.3 is 10.6 Å². The first-order chi connectivity index (χ1) is 11.8. The molecule has 3 N–H and O–H groups in total. The molecule has 1 amide bonds. The standard InChI is InChI=1S/C18H15N5O/c1-19-18(24)14-5-2-4-11-10-12(7-8-13(11)14)21-17-16-15(22-23-17)6-3-9-20-16/h2-10H,1H3,(H,19,24)(H2,21,22,23).